The third kappa shape index (κ3) is 3.13. The van der Waals surface area contributed by atoms with Crippen LogP contribution in [0, 0.1) is 5.92 Å². The van der Waals surface area contributed by atoms with E-state index in [9.17, 15) is 9.59 Å². The van der Waals surface area contributed by atoms with E-state index in [0.29, 0.717) is 30.3 Å². The van der Waals surface area contributed by atoms with Crippen LogP contribution in [0.1, 0.15) is 30.1 Å². The number of amides is 1. The quantitative estimate of drug-likeness (QED) is 0.618. The molecule has 1 saturated heterocycles. The van der Waals surface area contributed by atoms with Crippen molar-refractivity contribution in [3.8, 4) is 5.75 Å². The summed E-state index contributed by atoms with van der Waals surface area (Å²) in [6, 6.07) is 6.65. The molecule has 0 spiro atoms. The van der Waals surface area contributed by atoms with Gasteiger partial charge in [-0.25, -0.2) is 0 Å². The monoisotopic (exact) mass is 261 g/mol. The molecule has 0 aliphatic carbocycles. The van der Waals surface area contributed by atoms with Crippen molar-refractivity contribution in [2.24, 2.45) is 5.92 Å². The first-order chi connectivity index (χ1) is 9.11. The van der Waals surface area contributed by atoms with Gasteiger partial charge in [-0.2, -0.15) is 0 Å². The Bertz CT molecular complexity index is 459. The zero-order chi connectivity index (χ0) is 13.8. The van der Waals surface area contributed by atoms with E-state index in [4.69, 9.17) is 4.74 Å². The smallest absolute Gasteiger partial charge is 0.294 e. The Morgan fingerprint density at radius 2 is 1.74 bits per heavy atom. The lowest BCUT2D eigenvalue weighted by Gasteiger charge is -2.29. The molecule has 1 aliphatic heterocycles. The topological polar surface area (TPSA) is 46.6 Å². The standard InChI is InChI=1S/C15H19NO3/c1-11-7-9-16(10-8-11)15(18)14(17)12-3-5-13(19-2)6-4-12/h3-6,11H,7-10H2,1-2H3. The van der Waals surface area contributed by atoms with Crippen LogP contribution < -0.4 is 4.74 Å². The number of Topliss-reactive ketones (excluding diaryl/α,β-unsaturated/α-hetero) is 1. The lowest BCUT2D eigenvalue weighted by molar-refractivity contribution is -0.127. The number of ketones is 1. The van der Waals surface area contributed by atoms with E-state index in [1.54, 1.807) is 36.3 Å². The summed E-state index contributed by atoms with van der Waals surface area (Å²) in [7, 11) is 1.57. The van der Waals surface area contributed by atoms with Gasteiger partial charge in [0.2, 0.25) is 5.78 Å². The molecule has 4 heteroatoms. The number of hydrogen-bond acceptors (Lipinski definition) is 3. The molecular formula is C15H19NO3. The molecule has 4 nitrogen and oxygen atoms in total. The van der Waals surface area contributed by atoms with Crippen molar-refractivity contribution in [2.45, 2.75) is 19.8 Å². The first-order valence-corrected chi connectivity index (χ1v) is 6.59. The lowest BCUT2D eigenvalue weighted by atomic mass is 9.98. The predicted molar refractivity (Wildman–Crippen MR) is 72.3 cm³/mol. The minimum Gasteiger partial charge on any atom is -0.497 e. The van der Waals surface area contributed by atoms with Gasteiger partial charge in [0.05, 0.1) is 7.11 Å². The third-order valence-corrected chi connectivity index (χ3v) is 3.62. The van der Waals surface area contributed by atoms with Crippen molar-refractivity contribution in [2.75, 3.05) is 20.2 Å². The fourth-order valence-corrected chi connectivity index (χ4v) is 2.22. The molecule has 19 heavy (non-hydrogen) atoms. The van der Waals surface area contributed by atoms with E-state index < -0.39 is 11.7 Å². The van der Waals surface area contributed by atoms with Crippen molar-refractivity contribution in [3.05, 3.63) is 29.8 Å². The number of likely N-dealkylation sites (tertiary alicyclic amines) is 1. The van der Waals surface area contributed by atoms with E-state index in [0.717, 1.165) is 12.8 Å². The minimum absolute atomic E-state index is 0.392. The Hall–Kier alpha value is -1.84. The Morgan fingerprint density at radius 1 is 1.16 bits per heavy atom. The second kappa shape index (κ2) is 5.87. The van der Waals surface area contributed by atoms with Crippen molar-refractivity contribution in [1.29, 1.82) is 0 Å². The molecule has 1 heterocycles. The highest BCUT2D eigenvalue weighted by atomic mass is 16.5. The van der Waals surface area contributed by atoms with Crippen LogP contribution in [0.5, 0.6) is 5.75 Å². The second-order valence-electron chi connectivity index (χ2n) is 5.03. The van der Waals surface area contributed by atoms with Gasteiger partial charge in [0.25, 0.3) is 5.91 Å². The average Bonchev–Trinajstić information content (AvgIpc) is 2.46. The van der Waals surface area contributed by atoms with Crippen LogP contribution in [0.2, 0.25) is 0 Å². The molecule has 0 atom stereocenters. The van der Waals surface area contributed by atoms with Crippen LogP contribution in [-0.4, -0.2) is 36.8 Å². The number of carbonyl (C=O) groups is 2. The van der Waals surface area contributed by atoms with Gasteiger partial charge < -0.3 is 9.64 Å². The summed E-state index contributed by atoms with van der Waals surface area (Å²) in [6.45, 7) is 3.54. The summed E-state index contributed by atoms with van der Waals surface area (Å²) < 4.78 is 5.03. The van der Waals surface area contributed by atoms with Crippen molar-refractivity contribution >= 4 is 11.7 Å². The van der Waals surface area contributed by atoms with Crippen LogP contribution in [0.4, 0.5) is 0 Å². The lowest BCUT2D eigenvalue weighted by Crippen LogP contribution is -2.41. The second-order valence-corrected chi connectivity index (χ2v) is 5.03. The molecule has 1 aromatic carbocycles. The average molecular weight is 261 g/mol. The number of rotatable bonds is 3. The molecule has 0 N–H and O–H groups in total. The summed E-state index contributed by atoms with van der Waals surface area (Å²) in [5.41, 5.74) is 0.421. The van der Waals surface area contributed by atoms with Gasteiger partial charge >= 0.3 is 0 Å². The van der Waals surface area contributed by atoms with E-state index >= 15 is 0 Å². The molecular weight excluding hydrogens is 242 g/mol. The summed E-state index contributed by atoms with van der Waals surface area (Å²) in [4.78, 5) is 25.9. The van der Waals surface area contributed by atoms with Gasteiger partial charge in [-0.15, -0.1) is 0 Å². The fourth-order valence-electron chi connectivity index (χ4n) is 2.22. The number of methoxy groups -OCH3 is 1. The molecule has 0 bridgehead atoms. The van der Waals surface area contributed by atoms with Crippen molar-refractivity contribution < 1.29 is 14.3 Å². The van der Waals surface area contributed by atoms with Crippen LogP contribution in [0.25, 0.3) is 0 Å². The van der Waals surface area contributed by atoms with Crippen molar-refractivity contribution in [1.82, 2.24) is 4.90 Å². The summed E-state index contributed by atoms with van der Waals surface area (Å²) in [6.07, 6.45) is 1.95. The maximum atomic E-state index is 12.1. The highest BCUT2D eigenvalue weighted by Crippen LogP contribution is 2.18. The summed E-state index contributed by atoms with van der Waals surface area (Å²) in [5.74, 6) is 0.491. The Balaban J connectivity index is 2.03. The van der Waals surface area contributed by atoms with Gasteiger partial charge in [0.15, 0.2) is 0 Å². The first kappa shape index (κ1) is 13.6. The largest absolute Gasteiger partial charge is 0.497 e. The highest BCUT2D eigenvalue weighted by molar-refractivity contribution is 6.42. The predicted octanol–water partition coefficient (Wildman–Crippen LogP) is 2.14. The molecule has 1 amide bonds. The SMILES string of the molecule is COc1ccc(C(=O)C(=O)N2CCC(C)CC2)cc1. The van der Waals surface area contributed by atoms with Gasteiger partial charge in [0.1, 0.15) is 5.75 Å². The number of piperidine rings is 1. The van der Waals surface area contributed by atoms with Gasteiger partial charge in [-0.3, -0.25) is 9.59 Å². The molecule has 0 radical (unpaired) electrons. The summed E-state index contributed by atoms with van der Waals surface area (Å²) in [5, 5.41) is 0. The molecule has 0 saturated carbocycles. The van der Waals surface area contributed by atoms with Gasteiger partial charge in [-0.1, -0.05) is 6.92 Å². The maximum absolute atomic E-state index is 12.1. The summed E-state index contributed by atoms with van der Waals surface area (Å²) >= 11 is 0. The number of ether oxygens (including phenoxy) is 1. The zero-order valence-corrected chi connectivity index (χ0v) is 11.4. The molecule has 0 aromatic heterocycles. The van der Waals surface area contributed by atoms with Crippen LogP contribution in [0.3, 0.4) is 0 Å². The third-order valence-electron chi connectivity index (χ3n) is 3.62. The molecule has 102 valence electrons. The zero-order valence-electron chi connectivity index (χ0n) is 11.4. The van der Waals surface area contributed by atoms with Crippen LogP contribution in [0.15, 0.2) is 24.3 Å². The van der Waals surface area contributed by atoms with E-state index in [1.807, 2.05) is 0 Å². The van der Waals surface area contributed by atoms with E-state index in [2.05, 4.69) is 6.92 Å². The molecule has 1 aliphatic rings. The van der Waals surface area contributed by atoms with Gasteiger partial charge in [0, 0.05) is 18.7 Å². The maximum Gasteiger partial charge on any atom is 0.294 e. The highest BCUT2D eigenvalue weighted by Gasteiger charge is 2.26. The number of nitrogens with zero attached hydrogens (tertiary/aromatic N) is 1. The Labute approximate surface area is 113 Å². The fraction of sp³-hybridized carbons (Fsp3) is 0.467. The first-order valence-electron chi connectivity index (χ1n) is 6.59. The normalized spacial score (nSPS) is 16.2. The Kier molecular flexibility index (Phi) is 4.20. The molecule has 1 fully saturated rings. The molecule has 1 aromatic rings. The Morgan fingerprint density at radius 3 is 2.26 bits per heavy atom. The number of carbonyl (C=O) groups excluding carboxylic acids is 2. The van der Waals surface area contributed by atoms with Gasteiger partial charge in [-0.05, 0) is 43.0 Å². The van der Waals surface area contributed by atoms with E-state index in [-0.39, 0.29) is 0 Å². The van der Waals surface area contributed by atoms with Crippen LogP contribution >= 0.6 is 0 Å². The molecule has 0 unspecified atom stereocenters. The molecule has 2 rings (SSSR count). The van der Waals surface area contributed by atoms with Crippen LogP contribution in [-0.2, 0) is 4.79 Å². The minimum atomic E-state index is -0.433. The van der Waals surface area contributed by atoms with E-state index in [1.165, 1.54) is 0 Å². The number of hydrogen-bond donors (Lipinski definition) is 0. The van der Waals surface area contributed by atoms with Crippen molar-refractivity contribution in [3.63, 3.8) is 0 Å². The number of benzene rings is 1.